The summed E-state index contributed by atoms with van der Waals surface area (Å²) in [6, 6.07) is 6.52. The third-order valence-electron chi connectivity index (χ3n) is 4.31. The molecule has 1 heterocycles. The molecule has 1 aromatic heterocycles. The minimum absolute atomic E-state index is 0.234. The predicted octanol–water partition coefficient (Wildman–Crippen LogP) is 2.38. The molecule has 0 atom stereocenters. The van der Waals surface area contributed by atoms with Crippen LogP contribution >= 0.6 is 11.3 Å². The predicted molar refractivity (Wildman–Crippen MR) is 106 cm³/mol. The second-order valence-electron chi connectivity index (χ2n) is 6.58. The third kappa shape index (κ3) is 4.86. The number of hydrazine groups is 1. The highest BCUT2D eigenvalue weighted by Gasteiger charge is 2.18. The summed E-state index contributed by atoms with van der Waals surface area (Å²) in [5.74, 6) is -0.884. The number of carbonyl (C=O) groups excluding carboxylic acids is 2. The summed E-state index contributed by atoms with van der Waals surface area (Å²) in [6.45, 7) is 1.73. The molecule has 1 aromatic carbocycles. The van der Waals surface area contributed by atoms with Crippen LogP contribution in [-0.2, 0) is 22.9 Å². The molecule has 0 fully saturated rings. The number of amides is 2. The summed E-state index contributed by atoms with van der Waals surface area (Å²) in [4.78, 5) is 26.4. The van der Waals surface area contributed by atoms with E-state index in [0.29, 0.717) is 16.1 Å². The Morgan fingerprint density at radius 3 is 2.44 bits per heavy atom. The van der Waals surface area contributed by atoms with Crippen LogP contribution in [0.1, 0.15) is 48.9 Å². The molecule has 2 amide bonds. The number of carbonyl (C=O) groups is 2. The van der Waals surface area contributed by atoms with Crippen molar-refractivity contribution in [3.8, 4) is 0 Å². The van der Waals surface area contributed by atoms with Crippen LogP contribution in [0.15, 0.2) is 24.3 Å². The first-order chi connectivity index (χ1) is 12.7. The number of hydrogen-bond donors (Lipinski definition) is 3. The Morgan fingerprint density at radius 1 is 1.04 bits per heavy atom. The maximum absolute atomic E-state index is 12.3. The van der Waals surface area contributed by atoms with Gasteiger partial charge < -0.3 is 0 Å². The van der Waals surface area contributed by atoms with Gasteiger partial charge in [0.05, 0.1) is 16.8 Å². The second kappa shape index (κ2) is 7.69. The van der Waals surface area contributed by atoms with E-state index in [4.69, 9.17) is 0 Å². The first-order valence-corrected chi connectivity index (χ1v) is 11.2. The van der Waals surface area contributed by atoms with E-state index in [1.165, 1.54) is 27.8 Å². The Bertz CT molecular complexity index is 973. The van der Waals surface area contributed by atoms with Crippen LogP contribution in [0.25, 0.3) is 0 Å². The molecule has 7 nitrogen and oxygen atoms in total. The molecule has 9 heteroatoms. The Hall–Kier alpha value is -2.39. The average Bonchev–Trinajstić information content (AvgIpc) is 3.04. The van der Waals surface area contributed by atoms with Gasteiger partial charge in [-0.3, -0.25) is 25.2 Å². The lowest BCUT2D eigenvalue weighted by Crippen LogP contribution is -2.41. The van der Waals surface area contributed by atoms with Crippen molar-refractivity contribution in [3.05, 3.63) is 50.7 Å². The van der Waals surface area contributed by atoms with Gasteiger partial charge in [0.15, 0.2) is 0 Å². The molecule has 0 saturated heterocycles. The molecule has 144 valence electrons. The van der Waals surface area contributed by atoms with Gasteiger partial charge in [-0.1, -0.05) is 6.07 Å². The van der Waals surface area contributed by atoms with Gasteiger partial charge in [0.2, 0.25) is 10.0 Å². The number of thiophene rings is 1. The summed E-state index contributed by atoms with van der Waals surface area (Å²) in [6.07, 6.45) is 5.31. The van der Waals surface area contributed by atoms with Gasteiger partial charge in [0.1, 0.15) is 0 Å². The van der Waals surface area contributed by atoms with E-state index in [1.807, 2.05) is 6.07 Å². The lowest BCUT2D eigenvalue weighted by molar-refractivity contribution is 0.0849. The van der Waals surface area contributed by atoms with E-state index < -0.39 is 15.9 Å². The second-order valence-corrected chi connectivity index (χ2v) is 9.46. The monoisotopic (exact) mass is 407 g/mol. The zero-order valence-corrected chi connectivity index (χ0v) is 16.7. The SMILES string of the molecule is Cc1ccc(C(=O)NNC(=O)c2cc3c(s2)CCCC3)cc1NS(C)(=O)=O. The molecule has 1 aliphatic rings. The van der Waals surface area contributed by atoms with Gasteiger partial charge in [-0.2, -0.15) is 0 Å². The Morgan fingerprint density at radius 2 is 1.74 bits per heavy atom. The Labute approximate surface area is 162 Å². The van der Waals surface area contributed by atoms with Crippen LogP contribution in [0.2, 0.25) is 0 Å². The van der Waals surface area contributed by atoms with Crippen molar-refractivity contribution in [3.63, 3.8) is 0 Å². The highest BCUT2D eigenvalue weighted by Crippen LogP contribution is 2.29. The fourth-order valence-electron chi connectivity index (χ4n) is 2.92. The Kier molecular flexibility index (Phi) is 5.52. The van der Waals surface area contributed by atoms with Gasteiger partial charge in [0, 0.05) is 10.4 Å². The number of sulfonamides is 1. The van der Waals surface area contributed by atoms with Crippen molar-refractivity contribution in [1.82, 2.24) is 10.9 Å². The summed E-state index contributed by atoms with van der Waals surface area (Å²) < 4.78 is 25.2. The highest BCUT2D eigenvalue weighted by atomic mass is 32.2. The number of rotatable bonds is 4. The molecular weight excluding hydrogens is 386 g/mol. The smallest absolute Gasteiger partial charge is 0.279 e. The third-order valence-corrected chi connectivity index (χ3v) is 6.13. The number of hydrogen-bond acceptors (Lipinski definition) is 5. The zero-order valence-electron chi connectivity index (χ0n) is 15.1. The molecule has 0 saturated carbocycles. The summed E-state index contributed by atoms with van der Waals surface area (Å²) >= 11 is 1.46. The number of nitrogens with one attached hydrogen (secondary N) is 3. The number of benzene rings is 1. The van der Waals surface area contributed by atoms with Crippen LogP contribution in [0.4, 0.5) is 5.69 Å². The molecule has 3 N–H and O–H groups in total. The summed E-state index contributed by atoms with van der Waals surface area (Å²) in [7, 11) is -3.46. The van der Waals surface area contributed by atoms with Crippen molar-refractivity contribution in [2.24, 2.45) is 0 Å². The van der Waals surface area contributed by atoms with E-state index in [0.717, 1.165) is 31.9 Å². The lowest BCUT2D eigenvalue weighted by Gasteiger charge is -2.11. The Balaban J connectivity index is 1.66. The van der Waals surface area contributed by atoms with Gasteiger partial charge >= 0.3 is 0 Å². The summed E-state index contributed by atoms with van der Waals surface area (Å²) in [5.41, 5.74) is 7.26. The normalized spacial score (nSPS) is 13.6. The van der Waals surface area contributed by atoms with Crippen LogP contribution in [-0.4, -0.2) is 26.5 Å². The van der Waals surface area contributed by atoms with E-state index in [9.17, 15) is 18.0 Å². The summed E-state index contributed by atoms with van der Waals surface area (Å²) in [5, 5.41) is 0. The van der Waals surface area contributed by atoms with Gasteiger partial charge in [-0.05, 0) is 61.9 Å². The van der Waals surface area contributed by atoms with Gasteiger partial charge in [0.25, 0.3) is 11.8 Å². The molecule has 0 unspecified atom stereocenters. The maximum Gasteiger partial charge on any atom is 0.279 e. The van der Waals surface area contributed by atoms with E-state index >= 15 is 0 Å². The van der Waals surface area contributed by atoms with Crippen molar-refractivity contribution in [2.45, 2.75) is 32.6 Å². The van der Waals surface area contributed by atoms with Gasteiger partial charge in [-0.15, -0.1) is 11.3 Å². The van der Waals surface area contributed by atoms with E-state index in [1.54, 1.807) is 19.1 Å². The molecule has 0 bridgehead atoms. The van der Waals surface area contributed by atoms with E-state index in [2.05, 4.69) is 15.6 Å². The number of fused-ring (bicyclic) bond motifs is 1. The number of anilines is 1. The van der Waals surface area contributed by atoms with Crippen LogP contribution in [0.3, 0.4) is 0 Å². The first-order valence-electron chi connectivity index (χ1n) is 8.53. The lowest BCUT2D eigenvalue weighted by atomic mass is 9.99. The minimum Gasteiger partial charge on any atom is -0.283 e. The highest BCUT2D eigenvalue weighted by molar-refractivity contribution is 7.92. The van der Waals surface area contributed by atoms with Crippen molar-refractivity contribution in [1.29, 1.82) is 0 Å². The van der Waals surface area contributed by atoms with Crippen molar-refractivity contribution < 1.29 is 18.0 Å². The van der Waals surface area contributed by atoms with Crippen molar-refractivity contribution in [2.75, 3.05) is 11.0 Å². The molecule has 0 aliphatic heterocycles. The molecular formula is C18H21N3O4S2. The average molecular weight is 408 g/mol. The zero-order chi connectivity index (χ0) is 19.6. The fraction of sp³-hybridized carbons (Fsp3) is 0.333. The minimum atomic E-state index is -3.46. The molecule has 2 aromatic rings. The number of aryl methyl sites for hydroxylation is 3. The van der Waals surface area contributed by atoms with E-state index in [-0.39, 0.29) is 11.5 Å². The molecule has 0 radical (unpaired) electrons. The first kappa shape index (κ1) is 19.4. The molecule has 0 spiro atoms. The van der Waals surface area contributed by atoms with Crippen LogP contribution in [0.5, 0.6) is 0 Å². The molecule has 3 rings (SSSR count). The van der Waals surface area contributed by atoms with Gasteiger partial charge in [-0.25, -0.2) is 8.42 Å². The van der Waals surface area contributed by atoms with Crippen molar-refractivity contribution >= 4 is 38.9 Å². The molecule has 27 heavy (non-hydrogen) atoms. The maximum atomic E-state index is 12.3. The quantitative estimate of drug-likeness (QED) is 0.677. The topological polar surface area (TPSA) is 104 Å². The fourth-order valence-corrected chi connectivity index (χ4v) is 4.69. The van der Waals surface area contributed by atoms with Crippen LogP contribution < -0.4 is 15.6 Å². The largest absolute Gasteiger partial charge is 0.283 e. The van der Waals surface area contributed by atoms with Crippen LogP contribution in [0, 0.1) is 6.92 Å². The standard InChI is InChI=1S/C18H21N3O4S2/c1-11-7-8-13(9-14(11)21-27(2,24)25)17(22)19-20-18(23)16-10-12-5-3-4-6-15(12)26-16/h7-10,21H,3-6H2,1-2H3,(H,19,22)(H,20,23). The molecule has 1 aliphatic carbocycles.